The predicted molar refractivity (Wildman–Crippen MR) is 326 cm³/mol. The third-order valence-electron chi connectivity index (χ3n) is 13.9. The van der Waals surface area contributed by atoms with Gasteiger partial charge in [0.2, 0.25) is 82.7 Å². The molecular formula is C58H93N15O18. The van der Waals surface area contributed by atoms with Crippen molar-refractivity contribution in [2.45, 2.75) is 200 Å². The number of amides is 14. The van der Waals surface area contributed by atoms with Crippen molar-refractivity contribution in [3.05, 3.63) is 35.9 Å². The van der Waals surface area contributed by atoms with Crippen LogP contribution in [0.3, 0.4) is 0 Å². The second-order valence-electron chi connectivity index (χ2n) is 23.0. The summed E-state index contributed by atoms with van der Waals surface area (Å²) < 4.78 is 0. The summed E-state index contributed by atoms with van der Waals surface area (Å²) in [5.74, 6) is -15.7. The number of nitrogens with two attached hydrogens (primary N) is 3. The molecule has 0 radical (unpaired) electrons. The van der Waals surface area contributed by atoms with E-state index in [1.807, 2.05) is 0 Å². The van der Waals surface area contributed by atoms with Gasteiger partial charge in [0.1, 0.15) is 60.4 Å². The van der Waals surface area contributed by atoms with Gasteiger partial charge in [-0.2, -0.15) is 0 Å². The van der Waals surface area contributed by atoms with Gasteiger partial charge in [-0.15, -0.1) is 0 Å². The molecule has 0 aliphatic heterocycles. The second kappa shape index (κ2) is 40.4. The summed E-state index contributed by atoms with van der Waals surface area (Å²) in [5.41, 5.74) is 16.9. The van der Waals surface area contributed by atoms with E-state index in [1.165, 1.54) is 27.7 Å². The first kappa shape index (κ1) is 79.7. The van der Waals surface area contributed by atoms with Crippen LogP contribution in [0.15, 0.2) is 30.3 Å². The smallest absolute Gasteiger partial charge is 0.303 e. The number of aliphatic carboxylic acids is 2. The number of rotatable bonds is 42. The van der Waals surface area contributed by atoms with Crippen molar-refractivity contribution in [1.82, 2.24) is 63.8 Å². The van der Waals surface area contributed by atoms with Crippen molar-refractivity contribution in [3.8, 4) is 0 Å². The van der Waals surface area contributed by atoms with Crippen molar-refractivity contribution >= 4 is 94.6 Å². The predicted octanol–water partition coefficient (Wildman–Crippen LogP) is -4.66. The number of hydrogen-bond donors (Lipinski definition) is 17. The van der Waals surface area contributed by atoms with E-state index >= 15 is 0 Å². The summed E-state index contributed by atoms with van der Waals surface area (Å²) in [6.07, 6.45) is -2.11. The highest BCUT2D eigenvalue weighted by Gasteiger charge is 2.36. The molecule has 0 aliphatic rings. The number of primary amides is 2. The zero-order chi connectivity index (χ0) is 69.4. The molecule has 33 heteroatoms. The summed E-state index contributed by atoms with van der Waals surface area (Å²) in [4.78, 5) is 206. The van der Waals surface area contributed by atoms with E-state index in [9.17, 15) is 81.8 Å². The topological polar surface area (TPSA) is 536 Å². The summed E-state index contributed by atoms with van der Waals surface area (Å²) in [5, 5.41) is 47.7. The standard InChI is InChI=1S/C58H93N15O18/c1-11-30(6)47(58(91)72-41(25-35-15-13-12-14-16-35)57(90)68-37(18-20-42(60)74)53(86)65-31(7)48(61)81)73-51(84)33(9)64-44(76)27-62-43(75)26-63-49(82)32(8)67-55(88)39(23-28(2)3)71-54(87)38(19-22-46(79)80)69-56(89)40(24-29(4)5)70-50(83)34(10)66-52(85)36(59)17-21-45(77)78/h12-16,28-34,36-41,47H,11,17-27,59H2,1-10H3,(H2,60,74)(H2,61,81)(H,62,75)(H,63,82)(H,64,76)(H,65,86)(H,66,85)(H,67,88)(H,68,90)(H,69,89)(H,70,83)(H,71,87)(H,72,91)(H,73,84)(H,77,78)(H,79,80)/t30-,31-,32-,33-,34-,36-,37-,38-,39-,40-,41-,47-/m0/s1. The highest BCUT2D eigenvalue weighted by Crippen LogP contribution is 2.14. The molecule has 1 aromatic carbocycles. The van der Waals surface area contributed by atoms with Gasteiger partial charge in [-0.25, -0.2) is 0 Å². The van der Waals surface area contributed by atoms with Crippen LogP contribution in [-0.2, 0) is 83.1 Å². The lowest BCUT2D eigenvalue weighted by molar-refractivity contribution is -0.139. The lowest BCUT2D eigenvalue weighted by Crippen LogP contribution is -2.60. The van der Waals surface area contributed by atoms with Crippen LogP contribution in [0.1, 0.15) is 133 Å². The fourth-order valence-electron chi connectivity index (χ4n) is 8.39. The molecule has 0 bridgehead atoms. The Balaban J connectivity index is 3.05. The zero-order valence-corrected chi connectivity index (χ0v) is 53.1. The van der Waals surface area contributed by atoms with Gasteiger partial charge in [0.15, 0.2) is 0 Å². The van der Waals surface area contributed by atoms with Gasteiger partial charge in [0, 0.05) is 25.7 Å². The number of benzene rings is 1. The number of carbonyl (C=O) groups is 16. The van der Waals surface area contributed by atoms with Crippen molar-refractivity contribution in [3.63, 3.8) is 0 Å². The maximum atomic E-state index is 14.0. The van der Waals surface area contributed by atoms with Crippen molar-refractivity contribution in [2.24, 2.45) is 35.0 Å². The van der Waals surface area contributed by atoms with Crippen molar-refractivity contribution in [1.29, 1.82) is 0 Å². The average molecular weight is 1290 g/mol. The number of nitrogens with one attached hydrogen (secondary N) is 12. The molecule has 0 fully saturated rings. The summed E-state index contributed by atoms with van der Waals surface area (Å²) in [6, 6.07) is -6.19. The molecule has 33 nitrogen and oxygen atoms in total. The Bertz CT molecular complexity index is 2730. The van der Waals surface area contributed by atoms with Gasteiger partial charge in [-0.3, -0.25) is 76.7 Å². The Hall–Kier alpha value is -9.30. The summed E-state index contributed by atoms with van der Waals surface area (Å²) in [7, 11) is 0. The van der Waals surface area contributed by atoms with Crippen molar-refractivity contribution in [2.75, 3.05) is 13.1 Å². The largest absolute Gasteiger partial charge is 0.481 e. The van der Waals surface area contributed by atoms with Gasteiger partial charge >= 0.3 is 11.9 Å². The SMILES string of the molecule is CC[C@H](C)[C@H](NC(=O)[C@H](C)NC(=O)CNC(=O)CNC(=O)[C@H](C)NC(=O)[C@H](CC(C)C)NC(=O)[C@H](CCC(=O)O)NC(=O)[C@H](CC(C)C)NC(=O)[C@H](C)NC(=O)[C@@H](N)CCC(=O)O)C(=O)N[C@@H](Cc1ccccc1)C(=O)N[C@@H](CCC(N)=O)C(=O)N[C@@H](C)C(N)=O. The first-order valence-electron chi connectivity index (χ1n) is 29.8. The Morgan fingerprint density at radius 3 is 1.34 bits per heavy atom. The molecule has 1 rings (SSSR count). The number of carbonyl (C=O) groups excluding carboxylic acids is 14. The molecule has 0 spiro atoms. The van der Waals surface area contributed by atoms with Gasteiger partial charge in [0.25, 0.3) is 0 Å². The lowest BCUT2D eigenvalue weighted by Gasteiger charge is -2.28. The Kier molecular flexibility index (Phi) is 35.4. The molecular weight excluding hydrogens is 1190 g/mol. The van der Waals surface area contributed by atoms with E-state index in [2.05, 4.69) is 63.8 Å². The molecule has 0 saturated carbocycles. The van der Waals surface area contributed by atoms with Crippen LogP contribution in [0, 0.1) is 17.8 Å². The fourth-order valence-corrected chi connectivity index (χ4v) is 8.39. The molecule has 0 aromatic heterocycles. The number of hydrogen-bond acceptors (Lipinski definition) is 17. The van der Waals surface area contributed by atoms with Gasteiger partial charge < -0.3 is 91.2 Å². The van der Waals surface area contributed by atoms with Crippen molar-refractivity contribution < 1.29 is 86.9 Å². The molecule has 14 amide bonds. The molecule has 1 aromatic rings. The van der Waals surface area contributed by atoms with Crippen LogP contribution in [-0.4, -0.2) is 184 Å². The average Bonchev–Trinajstić information content (AvgIpc) is 2.81. The van der Waals surface area contributed by atoms with E-state index < -0.39 is 199 Å². The van der Waals surface area contributed by atoms with E-state index in [0.29, 0.717) is 12.0 Å². The number of carboxylic acid groups (broad SMARTS) is 2. The van der Waals surface area contributed by atoms with Crippen LogP contribution < -0.4 is 81.0 Å². The maximum absolute atomic E-state index is 14.0. The molecule has 508 valence electrons. The van der Waals surface area contributed by atoms with Gasteiger partial charge in [0.05, 0.1) is 19.1 Å². The van der Waals surface area contributed by atoms with Crippen LogP contribution in [0.5, 0.6) is 0 Å². The third kappa shape index (κ3) is 31.6. The lowest BCUT2D eigenvalue weighted by atomic mass is 9.96. The van der Waals surface area contributed by atoms with E-state index in [4.69, 9.17) is 22.3 Å². The van der Waals surface area contributed by atoms with Crippen LogP contribution in [0.25, 0.3) is 0 Å². The second-order valence-corrected chi connectivity index (χ2v) is 23.0. The molecule has 0 heterocycles. The van der Waals surface area contributed by atoms with Gasteiger partial charge in [-0.05, 0) is 83.1 Å². The zero-order valence-electron chi connectivity index (χ0n) is 53.1. The molecule has 20 N–H and O–H groups in total. The summed E-state index contributed by atoms with van der Waals surface area (Å²) in [6.45, 7) is 14.0. The minimum Gasteiger partial charge on any atom is -0.481 e. The Morgan fingerprint density at radius 1 is 0.418 bits per heavy atom. The number of carboxylic acids is 2. The van der Waals surface area contributed by atoms with Crippen LogP contribution in [0.2, 0.25) is 0 Å². The van der Waals surface area contributed by atoms with E-state index in [-0.39, 0.29) is 50.4 Å². The van der Waals surface area contributed by atoms with Gasteiger partial charge in [-0.1, -0.05) is 78.3 Å². The van der Waals surface area contributed by atoms with E-state index in [0.717, 1.165) is 0 Å². The normalized spacial score (nSPS) is 15.0. The minimum atomic E-state index is -1.58. The molecule has 0 unspecified atom stereocenters. The molecule has 0 aliphatic carbocycles. The molecule has 91 heavy (non-hydrogen) atoms. The molecule has 0 saturated heterocycles. The quantitative estimate of drug-likeness (QED) is 0.0293. The first-order chi connectivity index (χ1) is 42.4. The summed E-state index contributed by atoms with van der Waals surface area (Å²) >= 11 is 0. The van der Waals surface area contributed by atoms with Crippen LogP contribution >= 0.6 is 0 Å². The highest BCUT2D eigenvalue weighted by atomic mass is 16.4. The third-order valence-corrected chi connectivity index (χ3v) is 13.9. The Morgan fingerprint density at radius 2 is 0.824 bits per heavy atom. The molecule has 12 atom stereocenters. The maximum Gasteiger partial charge on any atom is 0.303 e. The minimum absolute atomic E-state index is 0.00933. The Labute approximate surface area is 527 Å². The monoisotopic (exact) mass is 1290 g/mol. The van der Waals surface area contributed by atoms with E-state index in [1.54, 1.807) is 71.9 Å². The highest BCUT2D eigenvalue weighted by molar-refractivity contribution is 5.99. The fraction of sp³-hybridized carbons (Fsp3) is 0.621. The van der Waals surface area contributed by atoms with Crippen LogP contribution in [0.4, 0.5) is 0 Å². The first-order valence-corrected chi connectivity index (χ1v) is 29.8.